The van der Waals surface area contributed by atoms with Crippen molar-refractivity contribution in [3.8, 4) is 16.9 Å². The van der Waals surface area contributed by atoms with E-state index in [1.807, 2.05) is 31.4 Å². The van der Waals surface area contributed by atoms with Gasteiger partial charge >= 0.3 is 0 Å². The van der Waals surface area contributed by atoms with E-state index in [4.69, 9.17) is 0 Å². The Labute approximate surface area is 102 Å². The molecule has 0 fully saturated rings. The highest BCUT2D eigenvalue weighted by Crippen LogP contribution is 2.31. The summed E-state index contributed by atoms with van der Waals surface area (Å²) in [5.74, 6) is 0.763. The molecule has 3 nitrogen and oxygen atoms in total. The molecular weight excluding hydrogens is 212 g/mol. The van der Waals surface area contributed by atoms with Crippen molar-refractivity contribution in [2.75, 3.05) is 0 Å². The second kappa shape index (κ2) is 4.62. The average Bonchev–Trinajstić information content (AvgIpc) is 2.75. The molecule has 2 aromatic rings. The molecule has 1 aromatic carbocycles. The predicted octanol–water partition coefficient (Wildman–Crippen LogP) is 3.31. The van der Waals surface area contributed by atoms with Gasteiger partial charge in [-0.2, -0.15) is 5.10 Å². The molecule has 0 aliphatic heterocycles. The molecule has 0 amide bonds. The first-order valence-electron chi connectivity index (χ1n) is 5.93. The van der Waals surface area contributed by atoms with Gasteiger partial charge < -0.3 is 5.11 Å². The largest absolute Gasteiger partial charge is 0.508 e. The molecular formula is C14H18N2O. The normalized spacial score (nSPS) is 12.6. The fourth-order valence-corrected chi connectivity index (χ4v) is 1.93. The van der Waals surface area contributed by atoms with Crippen molar-refractivity contribution >= 4 is 0 Å². The first-order chi connectivity index (χ1) is 8.11. The van der Waals surface area contributed by atoms with Crippen LogP contribution in [0.1, 0.15) is 31.7 Å². The summed E-state index contributed by atoms with van der Waals surface area (Å²) in [5.41, 5.74) is 3.04. The van der Waals surface area contributed by atoms with Gasteiger partial charge in [-0.25, -0.2) is 0 Å². The summed E-state index contributed by atoms with van der Waals surface area (Å²) in [6.45, 7) is 4.25. The number of aryl methyl sites for hydroxylation is 1. The number of aromatic hydroxyl groups is 1. The topological polar surface area (TPSA) is 38.0 Å². The van der Waals surface area contributed by atoms with Gasteiger partial charge in [0.2, 0.25) is 0 Å². The Morgan fingerprint density at radius 2 is 2.12 bits per heavy atom. The van der Waals surface area contributed by atoms with Crippen molar-refractivity contribution in [2.45, 2.75) is 26.2 Å². The number of aromatic nitrogens is 2. The zero-order chi connectivity index (χ0) is 12.4. The lowest BCUT2D eigenvalue weighted by Crippen LogP contribution is -1.92. The van der Waals surface area contributed by atoms with Crippen molar-refractivity contribution in [1.82, 2.24) is 9.78 Å². The molecule has 0 saturated heterocycles. The van der Waals surface area contributed by atoms with E-state index in [0.717, 1.165) is 23.1 Å². The Balaban J connectivity index is 2.37. The molecule has 1 aromatic heterocycles. The van der Waals surface area contributed by atoms with Gasteiger partial charge in [0, 0.05) is 18.8 Å². The maximum absolute atomic E-state index is 10.0. The van der Waals surface area contributed by atoms with E-state index < -0.39 is 0 Å². The standard InChI is InChI=1S/C14H18N2O/c1-4-10(2)13-6-5-11(7-14(13)17)12-8-15-16(3)9-12/h5-10,17H,4H2,1-3H3. The van der Waals surface area contributed by atoms with Crippen LogP contribution in [0.5, 0.6) is 5.75 Å². The van der Waals surface area contributed by atoms with Gasteiger partial charge in [0.1, 0.15) is 5.75 Å². The highest BCUT2D eigenvalue weighted by molar-refractivity contribution is 5.64. The molecule has 17 heavy (non-hydrogen) atoms. The van der Waals surface area contributed by atoms with Crippen LogP contribution in [0.15, 0.2) is 30.6 Å². The predicted molar refractivity (Wildman–Crippen MR) is 69.0 cm³/mol. The Bertz CT molecular complexity index is 517. The number of hydrogen-bond donors (Lipinski definition) is 1. The summed E-state index contributed by atoms with van der Waals surface area (Å²) in [5, 5.41) is 14.2. The smallest absolute Gasteiger partial charge is 0.119 e. The van der Waals surface area contributed by atoms with Crippen molar-refractivity contribution in [3.63, 3.8) is 0 Å². The summed E-state index contributed by atoms with van der Waals surface area (Å²) in [6, 6.07) is 5.86. The Morgan fingerprint density at radius 3 is 2.65 bits per heavy atom. The third kappa shape index (κ3) is 2.33. The van der Waals surface area contributed by atoms with Gasteiger partial charge in [-0.05, 0) is 29.5 Å². The molecule has 0 radical (unpaired) electrons. The fraction of sp³-hybridized carbons (Fsp3) is 0.357. The number of nitrogens with zero attached hydrogens (tertiary/aromatic N) is 2. The lowest BCUT2D eigenvalue weighted by Gasteiger charge is -2.12. The number of rotatable bonds is 3. The van der Waals surface area contributed by atoms with Gasteiger partial charge in [0.15, 0.2) is 0 Å². The minimum atomic E-state index is 0.376. The SMILES string of the molecule is CCC(C)c1ccc(-c2cnn(C)c2)cc1O. The zero-order valence-corrected chi connectivity index (χ0v) is 10.5. The molecule has 0 spiro atoms. The molecule has 1 unspecified atom stereocenters. The first kappa shape index (κ1) is 11.7. The molecule has 3 heteroatoms. The number of phenolic OH excluding ortho intramolecular Hbond substituents is 1. The van der Waals surface area contributed by atoms with Crippen LogP contribution in [-0.4, -0.2) is 14.9 Å². The molecule has 1 atom stereocenters. The number of phenols is 1. The second-order valence-corrected chi connectivity index (χ2v) is 4.49. The monoisotopic (exact) mass is 230 g/mol. The van der Waals surface area contributed by atoms with Crippen LogP contribution in [0.3, 0.4) is 0 Å². The van der Waals surface area contributed by atoms with E-state index >= 15 is 0 Å². The van der Waals surface area contributed by atoms with E-state index in [9.17, 15) is 5.11 Å². The molecule has 2 rings (SSSR count). The van der Waals surface area contributed by atoms with Gasteiger partial charge in [-0.15, -0.1) is 0 Å². The van der Waals surface area contributed by atoms with Gasteiger partial charge in [-0.3, -0.25) is 4.68 Å². The highest BCUT2D eigenvalue weighted by atomic mass is 16.3. The van der Waals surface area contributed by atoms with Crippen LogP contribution >= 0.6 is 0 Å². The maximum Gasteiger partial charge on any atom is 0.119 e. The van der Waals surface area contributed by atoms with Crippen LogP contribution in [0.4, 0.5) is 0 Å². The summed E-state index contributed by atoms with van der Waals surface area (Å²) >= 11 is 0. The van der Waals surface area contributed by atoms with E-state index in [1.165, 1.54) is 0 Å². The molecule has 1 N–H and O–H groups in total. The maximum atomic E-state index is 10.0. The zero-order valence-electron chi connectivity index (χ0n) is 10.5. The van der Waals surface area contributed by atoms with Crippen molar-refractivity contribution in [1.29, 1.82) is 0 Å². The van der Waals surface area contributed by atoms with Crippen molar-refractivity contribution in [3.05, 3.63) is 36.2 Å². The summed E-state index contributed by atoms with van der Waals surface area (Å²) in [7, 11) is 1.89. The van der Waals surface area contributed by atoms with Gasteiger partial charge in [0.05, 0.1) is 6.20 Å². The van der Waals surface area contributed by atoms with Crippen molar-refractivity contribution in [2.24, 2.45) is 7.05 Å². The third-order valence-corrected chi connectivity index (χ3v) is 3.21. The minimum Gasteiger partial charge on any atom is -0.508 e. The summed E-state index contributed by atoms with van der Waals surface area (Å²) in [6.07, 6.45) is 4.77. The Morgan fingerprint density at radius 1 is 1.35 bits per heavy atom. The average molecular weight is 230 g/mol. The van der Waals surface area contributed by atoms with Crippen LogP contribution in [-0.2, 0) is 7.05 Å². The number of hydrogen-bond acceptors (Lipinski definition) is 2. The summed E-state index contributed by atoms with van der Waals surface area (Å²) in [4.78, 5) is 0. The third-order valence-electron chi connectivity index (χ3n) is 3.21. The summed E-state index contributed by atoms with van der Waals surface area (Å²) < 4.78 is 1.76. The highest BCUT2D eigenvalue weighted by Gasteiger charge is 2.10. The molecule has 90 valence electrons. The van der Waals surface area contributed by atoms with Gasteiger partial charge in [-0.1, -0.05) is 26.0 Å². The van der Waals surface area contributed by atoms with E-state index in [1.54, 1.807) is 10.9 Å². The fourth-order valence-electron chi connectivity index (χ4n) is 1.93. The molecule has 0 bridgehead atoms. The molecule has 0 aliphatic carbocycles. The Hall–Kier alpha value is -1.77. The van der Waals surface area contributed by atoms with Crippen molar-refractivity contribution < 1.29 is 5.11 Å². The van der Waals surface area contributed by atoms with E-state index in [-0.39, 0.29) is 0 Å². The quantitative estimate of drug-likeness (QED) is 0.878. The molecule has 0 saturated carbocycles. The molecule has 0 aliphatic rings. The Kier molecular flexibility index (Phi) is 3.18. The van der Waals surface area contributed by atoms with Gasteiger partial charge in [0.25, 0.3) is 0 Å². The lowest BCUT2D eigenvalue weighted by molar-refractivity contribution is 0.462. The van der Waals surface area contributed by atoms with Crippen LogP contribution < -0.4 is 0 Å². The lowest BCUT2D eigenvalue weighted by atomic mass is 9.95. The van der Waals surface area contributed by atoms with E-state index in [0.29, 0.717) is 11.7 Å². The first-order valence-corrected chi connectivity index (χ1v) is 5.93. The van der Waals surface area contributed by atoms with E-state index in [2.05, 4.69) is 18.9 Å². The van der Waals surface area contributed by atoms with Crippen LogP contribution in [0.25, 0.3) is 11.1 Å². The van der Waals surface area contributed by atoms with Crippen LogP contribution in [0, 0.1) is 0 Å². The second-order valence-electron chi connectivity index (χ2n) is 4.49. The number of benzene rings is 1. The molecule has 1 heterocycles. The minimum absolute atomic E-state index is 0.376. The van der Waals surface area contributed by atoms with Crippen LogP contribution in [0.2, 0.25) is 0 Å².